The van der Waals surface area contributed by atoms with Crippen LogP contribution in [0.3, 0.4) is 0 Å². The van der Waals surface area contributed by atoms with Crippen LogP contribution in [0.4, 0.5) is 5.82 Å². The van der Waals surface area contributed by atoms with Crippen molar-refractivity contribution in [3.63, 3.8) is 0 Å². The lowest BCUT2D eigenvalue weighted by Gasteiger charge is -2.31. The highest BCUT2D eigenvalue weighted by Gasteiger charge is 2.24. The van der Waals surface area contributed by atoms with E-state index in [0.717, 1.165) is 37.6 Å². The van der Waals surface area contributed by atoms with Crippen LogP contribution in [0.5, 0.6) is 0 Å². The molecule has 8 heteroatoms. The minimum absolute atomic E-state index is 0.415. The van der Waals surface area contributed by atoms with Crippen molar-refractivity contribution in [3.05, 3.63) is 36.7 Å². The van der Waals surface area contributed by atoms with Crippen molar-refractivity contribution < 1.29 is 0 Å². The molecular formula is C13H14N8. The average Bonchev–Trinajstić information content (AvgIpc) is 3.04. The molecule has 1 aliphatic heterocycles. The van der Waals surface area contributed by atoms with Crippen LogP contribution in [0.2, 0.25) is 0 Å². The van der Waals surface area contributed by atoms with E-state index in [1.165, 1.54) is 0 Å². The molecule has 8 nitrogen and oxygen atoms in total. The van der Waals surface area contributed by atoms with Gasteiger partial charge in [0.1, 0.15) is 5.82 Å². The molecule has 3 aromatic rings. The number of hydrogen-bond acceptors (Lipinski definition) is 7. The normalized spacial score (nSPS) is 16.5. The Morgan fingerprint density at radius 3 is 2.62 bits per heavy atom. The first kappa shape index (κ1) is 12.1. The fourth-order valence-electron chi connectivity index (χ4n) is 2.76. The second-order valence-corrected chi connectivity index (χ2v) is 5.07. The van der Waals surface area contributed by atoms with Gasteiger partial charge in [-0.05, 0) is 29.3 Å². The van der Waals surface area contributed by atoms with Crippen LogP contribution < -0.4 is 4.90 Å². The Labute approximate surface area is 120 Å². The molecule has 106 valence electrons. The van der Waals surface area contributed by atoms with Crippen LogP contribution in [0, 0.1) is 0 Å². The van der Waals surface area contributed by atoms with Gasteiger partial charge < -0.3 is 4.90 Å². The van der Waals surface area contributed by atoms with Gasteiger partial charge in [-0.1, -0.05) is 0 Å². The quantitative estimate of drug-likeness (QED) is 0.683. The van der Waals surface area contributed by atoms with Gasteiger partial charge in [-0.3, -0.25) is 0 Å². The topological polar surface area (TPSA) is 85.0 Å². The average molecular weight is 282 g/mol. The third-order valence-corrected chi connectivity index (χ3v) is 3.84. The summed E-state index contributed by atoms with van der Waals surface area (Å²) < 4.78 is 1.65. The molecular weight excluding hydrogens is 268 g/mol. The zero-order valence-corrected chi connectivity index (χ0v) is 11.4. The van der Waals surface area contributed by atoms with Gasteiger partial charge >= 0.3 is 0 Å². The predicted octanol–water partition coefficient (Wildman–Crippen LogP) is 0.693. The highest BCUT2D eigenvalue weighted by molar-refractivity contribution is 5.62. The Hall–Kier alpha value is -2.64. The summed E-state index contributed by atoms with van der Waals surface area (Å²) in [5.41, 5.74) is 0.701. The van der Waals surface area contributed by atoms with E-state index in [2.05, 4.69) is 35.4 Å². The Bertz CT molecular complexity index is 732. The van der Waals surface area contributed by atoms with Gasteiger partial charge in [0.05, 0.1) is 6.20 Å². The lowest BCUT2D eigenvalue weighted by Crippen LogP contribution is -2.34. The van der Waals surface area contributed by atoms with E-state index >= 15 is 0 Å². The van der Waals surface area contributed by atoms with Crippen LogP contribution in [-0.4, -0.2) is 48.1 Å². The van der Waals surface area contributed by atoms with E-state index < -0.39 is 0 Å². The molecule has 3 aromatic heterocycles. The number of nitrogens with zero attached hydrogens (tertiary/aromatic N) is 8. The number of hydrogen-bond donors (Lipinski definition) is 0. The first-order valence-corrected chi connectivity index (χ1v) is 6.96. The number of piperidine rings is 1. The summed E-state index contributed by atoms with van der Waals surface area (Å²) in [6.07, 6.45) is 9.11. The van der Waals surface area contributed by atoms with Crippen LogP contribution in [0.15, 0.2) is 30.9 Å². The van der Waals surface area contributed by atoms with E-state index in [4.69, 9.17) is 0 Å². The van der Waals surface area contributed by atoms with Gasteiger partial charge in [0, 0.05) is 37.6 Å². The van der Waals surface area contributed by atoms with Gasteiger partial charge in [-0.2, -0.15) is 4.52 Å². The molecule has 0 spiro atoms. The van der Waals surface area contributed by atoms with E-state index in [0.29, 0.717) is 11.6 Å². The molecule has 0 bridgehead atoms. The third-order valence-electron chi connectivity index (χ3n) is 3.84. The minimum atomic E-state index is 0.415. The number of fused-ring (bicyclic) bond motifs is 1. The van der Waals surface area contributed by atoms with Gasteiger partial charge in [0.2, 0.25) is 5.65 Å². The number of rotatable bonds is 2. The molecule has 0 saturated carbocycles. The molecule has 0 aliphatic carbocycles. The van der Waals surface area contributed by atoms with Crippen molar-refractivity contribution >= 4 is 11.5 Å². The highest BCUT2D eigenvalue weighted by atomic mass is 15.5. The van der Waals surface area contributed by atoms with Crippen LogP contribution in [0.25, 0.3) is 5.65 Å². The summed E-state index contributed by atoms with van der Waals surface area (Å²) in [6.45, 7) is 1.81. The van der Waals surface area contributed by atoms with Crippen molar-refractivity contribution in [2.24, 2.45) is 0 Å². The standard InChI is InChI=1S/C13H14N8/c1-4-14-11(15-5-1)10-2-7-20(8-3-10)12-13-17-18-19-21(13)9-6-16-12/h1,4-6,9-10H,2-3,7-8H2. The summed E-state index contributed by atoms with van der Waals surface area (Å²) in [4.78, 5) is 15.4. The minimum Gasteiger partial charge on any atom is -0.353 e. The third kappa shape index (κ3) is 2.18. The Morgan fingerprint density at radius 1 is 1.00 bits per heavy atom. The molecule has 21 heavy (non-hydrogen) atoms. The Morgan fingerprint density at radius 2 is 1.81 bits per heavy atom. The van der Waals surface area contributed by atoms with E-state index in [-0.39, 0.29) is 0 Å². The van der Waals surface area contributed by atoms with E-state index in [1.807, 2.05) is 6.07 Å². The summed E-state index contributed by atoms with van der Waals surface area (Å²) in [6, 6.07) is 1.85. The molecule has 1 aliphatic rings. The van der Waals surface area contributed by atoms with Gasteiger partial charge in [0.15, 0.2) is 5.82 Å². The maximum atomic E-state index is 4.43. The van der Waals surface area contributed by atoms with Crippen molar-refractivity contribution in [1.29, 1.82) is 0 Å². The lowest BCUT2D eigenvalue weighted by atomic mass is 9.96. The molecule has 0 aromatic carbocycles. The summed E-state index contributed by atoms with van der Waals surface area (Å²) in [5.74, 6) is 2.19. The Kier molecular flexibility index (Phi) is 2.91. The highest BCUT2D eigenvalue weighted by Crippen LogP contribution is 2.28. The molecule has 1 saturated heterocycles. The van der Waals surface area contributed by atoms with Gasteiger partial charge in [0.25, 0.3) is 0 Å². The molecule has 4 rings (SSSR count). The zero-order chi connectivity index (χ0) is 14.1. The summed E-state index contributed by atoms with van der Waals surface area (Å²) >= 11 is 0. The molecule has 0 radical (unpaired) electrons. The smallest absolute Gasteiger partial charge is 0.221 e. The second-order valence-electron chi connectivity index (χ2n) is 5.07. The zero-order valence-electron chi connectivity index (χ0n) is 11.4. The van der Waals surface area contributed by atoms with Crippen LogP contribution in [0.1, 0.15) is 24.6 Å². The Balaban J connectivity index is 1.54. The van der Waals surface area contributed by atoms with Crippen molar-refractivity contribution in [2.45, 2.75) is 18.8 Å². The first-order valence-electron chi connectivity index (χ1n) is 6.96. The predicted molar refractivity (Wildman–Crippen MR) is 74.8 cm³/mol. The van der Waals surface area contributed by atoms with Gasteiger partial charge in [-0.15, -0.1) is 5.10 Å². The molecule has 0 amide bonds. The molecule has 0 N–H and O–H groups in total. The van der Waals surface area contributed by atoms with Gasteiger partial charge in [-0.25, -0.2) is 15.0 Å². The molecule has 0 atom stereocenters. The first-order chi connectivity index (χ1) is 10.4. The summed E-state index contributed by atoms with van der Waals surface area (Å²) in [7, 11) is 0. The van der Waals surface area contributed by atoms with Crippen LogP contribution >= 0.6 is 0 Å². The monoisotopic (exact) mass is 282 g/mol. The van der Waals surface area contributed by atoms with E-state index in [9.17, 15) is 0 Å². The van der Waals surface area contributed by atoms with Crippen molar-refractivity contribution in [2.75, 3.05) is 18.0 Å². The summed E-state index contributed by atoms with van der Waals surface area (Å²) in [5, 5.41) is 11.6. The lowest BCUT2D eigenvalue weighted by molar-refractivity contribution is 0.483. The van der Waals surface area contributed by atoms with E-state index in [1.54, 1.807) is 29.3 Å². The number of anilines is 1. The van der Waals surface area contributed by atoms with Crippen LogP contribution in [-0.2, 0) is 0 Å². The molecule has 1 fully saturated rings. The molecule has 0 unspecified atom stereocenters. The maximum absolute atomic E-state index is 4.43. The molecule has 4 heterocycles. The largest absolute Gasteiger partial charge is 0.353 e. The second kappa shape index (κ2) is 5.04. The fourth-order valence-corrected chi connectivity index (χ4v) is 2.76. The van der Waals surface area contributed by atoms with Crippen molar-refractivity contribution in [1.82, 2.24) is 35.0 Å². The fraction of sp³-hybridized carbons (Fsp3) is 0.385. The number of aromatic nitrogens is 7. The maximum Gasteiger partial charge on any atom is 0.221 e. The van der Waals surface area contributed by atoms with Crippen molar-refractivity contribution in [3.8, 4) is 0 Å². The number of tetrazole rings is 1. The SMILES string of the molecule is c1cnc(C2CCN(c3nccn4nnnc34)CC2)nc1.